The minimum Gasteiger partial charge on any atom is -0.473 e. The number of nitriles is 1. The smallest absolute Gasteiger partial charge is 0.407 e. The van der Waals surface area contributed by atoms with Crippen molar-refractivity contribution < 1.29 is 14.3 Å². The fourth-order valence-electron chi connectivity index (χ4n) is 1.72. The van der Waals surface area contributed by atoms with Crippen LogP contribution in [0.1, 0.15) is 32.8 Å². The maximum Gasteiger partial charge on any atom is 0.407 e. The molecule has 0 heterocycles. The molecule has 1 aromatic carbocycles. The Morgan fingerprint density at radius 2 is 2.09 bits per heavy atom. The van der Waals surface area contributed by atoms with Crippen LogP contribution in [0.4, 0.5) is 4.79 Å². The monoisotopic (exact) mass is 305 g/mol. The van der Waals surface area contributed by atoms with Crippen molar-refractivity contribution in [1.29, 1.82) is 5.26 Å². The third-order valence-corrected chi connectivity index (χ3v) is 2.60. The van der Waals surface area contributed by atoms with Gasteiger partial charge in [0.1, 0.15) is 11.4 Å². The van der Waals surface area contributed by atoms with Gasteiger partial charge < -0.3 is 14.8 Å². The van der Waals surface area contributed by atoms with Gasteiger partial charge in [0.05, 0.1) is 12.6 Å². The Bertz CT molecular complexity index is 532. The van der Waals surface area contributed by atoms with E-state index >= 15 is 0 Å². The van der Waals surface area contributed by atoms with E-state index in [4.69, 9.17) is 20.5 Å². The molecule has 0 spiro atoms. The molecular formula is C16H23N3O3. The first kappa shape index (κ1) is 17.8. The number of rotatable bonds is 6. The fourth-order valence-corrected chi connectivity index (χ4v) is 1.72. The van der Waals surface area contributed by atoms with E-state index in [1.54, 1.807) is 26.8 Å². The van der Waals surface area contributed by atoms with Gasteiger partial charge in [-0.3, -0.25) is 5.73 Å². The molecule has 0 aromatic heterocycles. The Hall–Kier alpha value is -2.26. The molecule has 0 saturated carbocycles. The lowest BCUT2D eigenvalue weighted by molar-refractivity contribution is 0.0502. The van der Waals surface area contributed by atoms with Crippen LogP contribution in [0.5, 0.6) is 5.75 Å². The largest absolute Gasteiger partial charge is 0.473 e. The molecule has 6 heteroatoms. The van der Waals surface area contributed by atoms with Gasteiger partial charge in [-0.15, -0.1) is 0 Å². The van der Waals surface area contributed by atoms with Crippen LogP contribution in [0.25, 0.3) is 0 Å². The van der Waals surface area contributed by atoms with Crippen molar-refractivity contribution in [3.8, 4) is 11.8 Å². The fraction of sp³-hybridized carbons (Fsp3) is 0.500. The molecule has 120 valence electrons. The summed E-state index contributed by atoms with van der Waals surface area (Å²) in [6.07, 6.45) is -0.231. The normalized spacial score (nSPS) is 12.1. The van der Waals surface area contributed by atoms with E-state index < -0.39 is 17.9 Å². The average Bonchev–Trinajstić information content (AvgIpc) is 2.42. The zero-order chi connectivity index (χ0) is 16.6. The molecule has 1 rings (SSSR count). The second kappa shape index (κ2) is 8.25. The van der Waals surface area contributed by atoms with Crippen LogP contribution >= 0.6 is 0 Å². The molecule has 0 aliphatic carbocycles. The van der Waals surface area contributed by atoms with Crippen molar-refractivity contribution in [2.75, 3.05) is 6.54 Å². The molecule has 0 radical (unpaired) electrons. The predicted octanol–water partition coefficient (Wildman–Crippen LogP) is 2.33. The van der Waals surface area contributed by atoms with Gasteiger partial charge in [-0.05, 0) is 38.8 Å². The number of carbonyl (C=O) groups is 1. The lowest BCUT2D eigenvalue weighted by Crippen LogP contribution is -2.43. The molecule has 6 nitrogen and oxygen atoms in total. The Labute approximate surface area is 131 Å². The van der Waals surface area contributed by atoms with Gasteiger partial charge in [-0.25, -0.2) is 4.79 Å². The highest BCUT2D eigenvalue weighted by Crippen LogP contribution is 2.20. The molecule has 0 saturated heterocycles. The topological polar surface area (TPSA) is 97.4 Å². The van der Waals surface area contributed by atoms with Crippen LogP contribution in [0.2, 0.25) is 0 Å². The van der Waals surface area contributed by atoms with Crippen molar-refractivity contribution in [3.05, 3.63) is 29.8 Å². The molecule has 0 fully saturated rings. The highest BCUT2D eigenvalue weighted by molar-refractivity contribution is 5.67. The van der Waals surface area contributed by atoms with Crippen molar-refractivity contribution in [2.45, 2.75) is 45.4 Å². The van der Waals surface area contributed by atoms with Gasteiger partial charge in [-0.2, -0.15) is 5.26 Å². The molecule has 0 aliphatic rings. The summed E-state index contributed by atoms with van der Waals surface area (Å²) >= 11 is 0. The van der Waals surface area contributed by atoms with E-state index in [2.05, 4.69) is 11.4 Å². The van der Waals surface area contributed by atoms with Gasteiger partial charge >= 0.3 is 6.09 Å². The Kier molecular flexibility index (Phi) is 6.67. The van der Waals surface area contributed by atoms with Crippen LogP contribution in [-0.2, 0) is 11.2 Å². The quantitative estimate of drug-likeness (QED) is 0.786. The number of hydrogen-bond donors (Lipinski definition) is 2. The number of para-hydroxylation sites is 1. The molecule has 0 aliphatic heterocycles. The standard InChI is InChI=1S/C16H23N3O3/c1-16(2,3)22-15(20)19-11-14(18)21-13-9-5-4-7-12(13)8-6-10-17/h4-5,7,9,14H,6,8,11,18H2,1-3H3,(H,19,20)/t14-/m1/s1. The van der Waals surface area contributed by atoms with Crippen LogP contribution in [0.15, 0.2) is 24.3 Å². The number of carbonyl (C=O) groups excluding carboxylic acids is 1. The number of hydrogen-bond acceptors (Lipinski definition) is 5. The molecule has 0 unspecified atom stereocenters. The number of aryl methyl sites for hydroxylation is 1. The van der Waals surface area contributed by atoms with Gasteiger partial charge in [0.25, 0.3) is 0 Å². The Balaban J connectivity index is 2.50. The van der Waals surface area contributed by atoms with Gasteiger partial charge in [0.15, 0.2) is 6.23 Å². The highest BCUT2D eigenvalue weighted by atomic mass is 16.6. The number of amides is 1. The predicted molar refractivity (Wildman–Crippen MR) is 83.2 cm³/mol. The SMILES string of the molecule is CC(C)(C)OC(=O)NC[C@H](N)Oc1ccccc1CCC#N. The molecule has 0 bridgehead atoms. The summed E-state index contributed by atoms with van der Waals surface area (Å²) in [6.45, 7) is 5.48. The first-order valence-electron chi connectivity index (χ1n) is 7.16. The second-order valence-corrected chi connectivity index (χ2v) is 5.80. The minimum absolute atomic E-state index is 0.126. The maximum absolute atomic E-state index is 11.5. The lowest BCUT2D eigenvalue weighted by atomic mass is 10.1. The van der Waals surface area contributed by atoms with Crippen molar-refractivity contribution in [3.63, 3.8) is 0 Å². The van der Waals surface area contributed by atoms with Crippen LogP contribution in [0.3, 0.4) is 0 Å². The third kappa shape index (κ3) is 6.95. The van der Waals surface area contributed by atoms with E-state index in [1.165, 1.54) is 0 Å². The van der Waals surface area contributed by atoms with Crippen molar-refractivity contribution in [1.82, 2.24) is 5.32 Å². The van der Waals surface area contributed by atoms with E-state index in [1.807, 2.05) is 18.2 Å². The van der Waals surface area contributed by atoms with E-state index in [0.29, 0.717) is 18.6 Å². The minimum atomic E-state index is -0.698. The van der Waals surface area contributed by atoms with E-state index in [-0.39, 0.29) is 6.54 Å². The molecule has 1 amide bonds. The van der Waals surface area contributed by atoms with E-state index in [0.717, 1.165) is 5.56 Å². The number of nitrogens with one attached hydrogen (secondary N) is 1. The van der Waals surface area contributed by atoms with Crippen LogP contribution in [-0.4, -0.2) is 24.5 Å². The highest BCUT2D eigenvalue weighted by Gasteiger charge is 2.17. The van der Waals surface area contributed by atoms with Crippen molar-refractivity contribution in [2.24, 2.45) is 5.73 Å². The Morgan fingerprint density at radius 3 is 2.73 bits per heavy atom. The first-order valence-corrected chi connectivity index (χ1v) is 7.16. The average molecular weight is 305 g/mol. The lowest BCUT2D eigenvalue weighted by Gasteiger charge is -2.21. The zero-order valence-electron chi connectivity index (χ0n) is 13.3. The van der Waals surface area contributed by atoms with Gasteiger partial charge in [0.2, 0.25) is 0 Å². The van der Waals surface area contributed by atoms with Crippen LogP contribution < -0.4 is 15.8 Å². The number of nitrogens with zero attached hydrogens (tertiary/aromatic N) is 1. The summed E-state index contributed by atoms with van der Waals surface area (Å²) in [5.74, 6) is 0.622. The van der Waals surface area contributed by atoms with Crippen LogP contribution in [0, 0.1) is 11.3 Å². The first-order chi connectivity index (χ1) is 10.3. The molecule has 1 atom stereocenters. The number of nitrogens with two attached hydrogens (primary N) is 1. The van der Waals surface area contributed by atoms with Crippen molar-refractivity contribution >= 4 is 6.09 Å². The van der Waals surface area contributed by atoms with E-state index in [9.17, 15) is 4.79 Å². The molecule has 22 heavy (non-hydrogen) atoms. The number of benzene rings is 1. The third-order valence-electron chi connectivity index (χ3n) is 2.60. The second-order valence-electron chi connectivity index (χ2n) is 5.80. The molecule has 1 aromatic rings. The zero-order valence-corrected chi connectivity index (χ0v) is 13.3. The van der Waals surface area contributed by atoms with Gasteiger partial charge in [0, 0.05) is 6.42 Å². The number of alkyl carbamates (subject to hydrolysis) is 1. The Morgan fingerprint density at radius 1 is 1.41 bits per heavy atom. The number of ether oxygens (including phenoxy) is 2. The summed E-state index contributed by atoms with van der Waals surface area (Å²) in [7, 11) is 0. The summed E-state index contributed by atoms with van der Waals surface area (Å²) in [5, 5.41) is 11.2. The summed E-state index contributed by atoms with van der Waals surface area (Å²) < 4.78 is 10.7. The summed E-state index contributed by atoms with van der Waals surface area (Å²) in [5.41, 5.74) is 6.21. The summed E-state index contributed by atoms with van der Waals surface area (Å²) in [4.78, 5) is 11.5. The molecular weight excluding hydrogens is 282 g/mol. The maximum atomic E-state index is 11.5. The summed E-state index contributed by atoms with van der Waals surface area (Å²) in [6, 6.07) is 9.49. The molecule has 3 N–H and O–H groups in total. The van der Waals surface area contributed by atoms with Gasteiger partial charge in [-0.1, -0.05) is 18.2 Å².